The number of oxazole rings is 1. The van der Waals surface area contributed by atoms with E-state index < -0.39 is 5.76 Å². The molecule has 0 spiro atoms. The van der Waals surface area contributed by atoms with E-state index >= 15 is 0 Å². The van der Waals surface area contributed by atoms with Crippen LogP contribution in [-0.4, -0.2) is 22.1 Å². The number of nitrogens with one attached hydrogen (secondary N) is 1. The second kappa shape index (κ2) is 7.65. The zero-order valence-corrected chi connectivity index (χ0v) is 13.9. The van der Waals surface area contributed by atoms with E-state index in [2.05, 4.69) is 10.3 Å². The van der Waals surface area contributed by atoms with Crippen LogP contribution in [0.1, 0.15) is 18.9 Å². The van der Waals surface area contributed by atoms with Gasteiger partial charge in [-0.3, -0.25) is 9.36 Å². The summed E-state index contributed by atoms with van der Waals surface area (Å²) in [6.07, 6.45) is 1.82. The Morgan fingerprint density at radius 3 is 2.96 bits per heavy atom. The van der Waals surface area contributed by atoms with E-state index in [-0.39, 0.29) is 18.9 Å². The van der Waals surface area contributed by atoms with E-state index in [1.165, 1.54) is 4.57 Å². The number of benzene rings is 1. The van der Waals surface area contributed by atoms with Crippen molar-refractivity contribution in [1.29, 1.82) is 0 Å². The molecule has 0 fully saturated rings. The van der Waals surface area contributed by atoms with E-state index in [4.69, 9.17) is 9.15 Å². The molecular formula is C18H19N3O4. The van der Waals surface area contributed by atoms with Gasteiger partial charge in [0.25, 0.3) is 0 Å². The van der Waals surface area contributed by atoms with E-state index in [9.17, 15) is 9.59 Å². The first-order valence-corrected chi connectivity index (χ1v) is 8.11. The highest BCUT2D eigenvalue weighted by Gasteiger charge is 2.11. The minimum atomic E-state index is -0.458. The van der Waals surface area contributed by atoms with Crippen molar-refractivity contribution in [2.75, 3.05) is 6.61 Å². The summed E-state index contributed by atoms with van der Waals surface area (Å²) >= 11 is 0. The third-order valence-electron chi connectivity index (χ3n) is 3.74. The van der Waals surface area contributed by atoms with Crippen molar-refractivity contribution in [3.05, 3.63) is 58.7 Å². The Morgan fingerprint density at radius 2 is 2.12 bits per heavy atom. The summed E-state index contributed by atoms with van der Waals surface area (Å²) in [7, 11) is 0. The number of amides is 1. The highest BCUT2D eigenvalue weighted by Crippen LogP contribution is 2.14. The number of aryl methyl sites for hydroxylation is 1. The summed E-state index contributed by atoms with van der Waals surface area (Å²) in [5.41, 5.74) is 2.01. The lowest BCUT2D eigenvalue weighted by molar-refractivity contribution is -0.121. The van der Waals surface area contributed by atoms with Gasteiger partial charge in [-0.2, -0.15) is 0 Å². The van der Waals surface area contributed by atoms with Crippen LogP contribution < -0.4 is 15.8 Å². The fourth-order valence-corrected chi connectivity index (χ4v) is 2.55. The molecule has 0 saturated heterocycles. The predicted molar refractivity (Wildman–Crippen MR) is 92.3 cm³/mol. The quantitative estimate of drug-likeness (QED) is 0.711. The van der Waals surface area contributed by atoms with Crippen molar-refractivity contribution in [2.45, 2.75) is 26.4 Å². The summed E-state index contributed by atoms with van der Waals surface area (Å²) in [5.74, 6) is -0.106. The zero-order valence-electron chi connectivity index (χ0n) is 13.9. The van der Waals surface area contributed by atoms with Crippen LogP contribution in [0.25, 0.3) is 11.1 Å². The monoisotopic (exact) mass is 341 g/mol. The molecule has 0 aliphatic carbocycles. The third kappa shape index (κ3) is 3.88. The van der Waals surface area contributed by atoms with Crippen LogP contribution in [0.15, 0.2) is 51.8 Å². The number of rotatable bonds is 7. The first-order valence-electron chi connectivity index (χ1n) is 8.11. The van der Waals surface area contributed by atoms with Crippen LogP contribution in [0, 0.1) is 0 Å². The molecule has 130 valence electrons. The van der Waals surface area contributed by atoms with Gasteiger partial charge >= 0.3 is 5.76 Å². The fourth-order valence-electron chi connectivity index (χ4n) is 2.55. The Balaban J connectivity index is 1.60. The molecule has 1 amide bonds. The van der Waals surface area contributed by atoms with Crippen molar-refractivity contribution in [2.24, 2.45) is 0 Å². The topological polar surface area (TPSA) is 86.4 Å². The molecule has 7 nitrogen and oxygen atoms in total. The number of carbonyl (C=O) groups excluding carboxylic acids is 1. The molecule has 1 aromatic carbocycles. The first kappa shape index (κ1) is 16.8. The molecule has 0 bridgehead atoms. The average Bonchev–Trinajstić information content (AvgIpc) is 2.94. The molecular weight excluding hydrogens is 322 g/mol. The number of nitrogens with zero attached hydrogens (tertiary/aromatic N) is 2. The summed E-state index contributed by atoms with van der Waals surface area (Å²) in [4.78, 5) is 28.1. The molecule has 0 radical (unpaired) electrons. The van der Waals surface area contributed by atoms with Crippen molar-refractivity contribution >= 4 is 17.0 Å². The second-order valence-electron chi connectivity index (χ2n) is 5.41. The summed E-state index contributed by atoms with van der Waals surface area (Å²) in [6, 6.07) is 10.8. The Labute approximate surface area is 144 Å². The summed E-state index contributed by atoms with van der Waals surface area (Å²) < 4.78 is 12.0. The van der Waals surface area contributed by atoms with Crippen molar-refractivity contribution in [3.8, 4) is 5.88 Å². The standard InChI is InChI=1S/C18H19N3O4/c1-2-24-17-13(6-5-10-19-17)12-20-16(22)9-11-21-14-7-3-4-8-15(14)25-18(21)23/h3-8,10H,2,9,11-12H2,1H3,(H,20,22). The van der Waals surface area contributed by atoms with Crippen LogP contribution in [0.4, 0.5) is 0 Å². The van der Waals surface area contributed by atoms with Crippen LogP contribution in [0.5, 0.6) is 5.88 Å². The number of carbonyl (C=O) groups is 1. The second-order valence-corrected chi connectivity index (χ2v) is 5.41. The molecule has 7 heteroatoms. The van der Waals surface area contributed by atoms with Gasteiger partial charge < -0.3 is 14.5 Å². The van der Waals surface area contributed by atoms with Gasteiger partial charge in [-0.1, -0.05) is 18.2 Å². The van der Waals surface area contributed by atoms with Crippen LogP contribution >= 0.6 is 0 Å². The van der Waals surface area contributed by atoms with Crippen LogP contribution in [-0.2, 0) is 17.9 Å². The minimum absolute atomic E-state index is 0.163. The predicted octanol–water partition coefficient (Wildman–Crippen LogP) is 2.09. The zero-order chi connectivity index (χ0) is 17.6. The molecule has 0 aliphatic heterocycles. The van der Waals surface area contributed by atoms with Gasteiger partial charge in [-0.05, 0) is 25.1 Å². The van der Waals surface area contributed by atoms with Crippen molar-refractivity contribution in [3.63, 3.8) is 0 Å². The third-order valence-corrected chi connectivity index (χ3v) is 3.74. The molecule has 2 heterocycles. The van der Waals surface area contributed by atoms with Gasteiger partial charge in [0.05, 0.1) is 12.1 Å². The highest BCUT2D eigenvalue weighted by molar-refractivity contribution is 5.76. The molecule has 0 saturated carbocycles. The van der Waals surface area contributed by atoms with Crippen molar-refractivity contribution in [1.82, 2.24) is 14.9 Å². The van der Waals surface area contributed by atoms with Gasteiger partial charge in [0.2, 0.25) is 11.8 Å². The number of hydrogen-bond acceptors (Lipinski definition) is 5. The smallest absolute Gasteiger partial charge is 0.419 e. The summed E-state index contributed by atoms with van der Waals surface area (Å²) in [5, 5.41) is 2.82. The lowest BCUT2D eigenvalue weighted by Gasteiger charge is -2.10. The molecule has 1 N–H and O–H groups in total. The molecule has 0 atom stereocenters. The molecule has 0 unspecified atom stereocenters. The van der Waals surface area contributed by atoms with Gasteiger partial charge in [0.1, 0.15) is 0 Å². The van der Waals surface area contributed by atoms with E-state index in [1.54, 1.807) is 30.5 Å². The first-order chi connectivity index (χ1) is 12.2. The largest absolute Gasteiger partial charge is 0.478 e. The van der Waals surface area contributed by atoms with Crippen molar-refractivity contribution < 1.29 is 13.9 Å². The molecule has 2 aromatic heterocycles. The van der Waals surface area contributed by atoms with Crippen LogP contribution in [0.3, 0.4) is 0 Å². The molecule has 25 heavy (non-hydrogen) atoms. The maximum Gasteiger partial charge on any atom is 0.419 e. The van der Waals surface area contributed by atoms with Crippen LogP contribution in [0.2, 0.25) is 0 Å². The number of ether oxygens (including phenoxy) is 1. The maximum atomic E-state index is 12.1. The molecule has 3 rings (SSSR count). The van der Waals surface area contributed by atoms with E-state index in [1.807, 2.05) is 19.1 Å². The number of hydrogen-bond donors (Lipinski definition) is 1. The number of aromatic nitrogens is 2. The normalized spacial score (nSPS) is 10.8. The minimum Gasteiger partial charge on any atom is -0.478 e. The molecule has 3 aromatic rings. The highest BCUT2D eigenvalue weighted by atomic mass is 16.5. The Kier molecular flexibility index (Phi) is 5.13. The molecule has 0 aliphatic rings. The average molecular weight is 341 g/mol. The van der Waals surface area contributed by atoms with E-state index in [0.29, 0.717) is 30.1 Å². The lowest BCUT2D eigenvalue weighted by Crippen LogP contribution is -2.26. The Bertz CT molecular complexity index is 929. The maximum absolute atomic E-state index is 12.1. The van der Waals surface area contributed by atoms with Gasteiger partial charge in [-0.15, -0.1) is 0 Å². The van der Waals surface area contributed by atoms with Gasteiger partial charge in [0, 0.05) is 31.3 Å². The SMILES string of the molecule is CCOc1ncccc1CNC(=O)CCn1c(=O)oc2ccccc21. The van der Waals surface area contributed by atoms with Gasteiger partial charge in [-0.25, -0.2) is 9.78 Å². The fraction of sp³-hybridized carbons (Fsp3) is 0.278. The van der Waals surface area contributed by atoms with Gasteiger partial charge in [0.15, 0.2) is 5.58 Å². The number of para-hydroxylation sites is 2. The lowest BCUT2D eigenvalue weighted by atomic mass is 10.2. The number of pyridine rings is 1. The van der Waals surface area contributed by atoms with E-state index in [0.717, 1.165) is 5.56 Å². The Morgan fingerprint density at radius 1 is 1.28 bits per heavy atom. The number of fused-ring (bicyclic) bond motifs is 1. The summed E-state index contributed by atoms with van der Waals surface area (Å²) in [6.45, 7) is 2.97. The Hall–Kier alpha value is -3.09.